The minimum atomic E-state index is -2.36. The highest BCUT2D eigenvalue weighted by atomic mass is 32.2. The number of nitrogens with zero attached hydrogens (tertiary/aromatic N) is 1. The average Bonchev–Trinajstić information content (AvgIpc) is 2.15. The number of likely N-dealkylation sites (tertiary alicyclic amines) is 1. The Morgan fingerprint density at radius 3 is 2.12 bits per heavy atom. The van der Waals surface area contributed by atoms with Crippen LogP contribution in [0.1, 0.15) is 33.6 Å². The predicted molar refractivity (Wildman–Crippen MR) is 61.1 cm³/mol. The van der Waals surface area contributed by atoms with Gasteiger partial charge < -0.3 is 9.64 Å². The van der Waals surface area contributed by atoms with E-state index in [4.69, 9.17) is 4.74 Å². The van der Waals surface area contributed by atoms with E-state index in [1.807, 2.05) is 20.8 Å². The van der Waals surface area contributed by atoms with Crippen LogP contribution in [0.15, 0.2) is 0 Å². The number of piperidine rings is 1. The molecule has 0 atom stereocenters. The van der Waals surface area contributed by atoms with Gasteiger partial charge in [-0.1, -0.05) is 0 Å². The maximum absolute atomic E-state index is 11.6. The van der Waals surface area contributed by atoms with Gasteiger partial charge in [-0.25, -0.2) is 13.2 Å². The largest absolute Gasteiger partial charge is 0.444 e. The third kappa shape index (κ3) is 4.00. The van der Waals surface area contributed by atoms with Gasteiger partial charge >= 0.3 is 6.09 Å². The van der Waals surface area contributed by atoms with Crippen LogP contribution in [0.2, 0.25) is 0 Å². The molecule has 0 bridgehead atoms. The molecule has 0 saturated carbocycles. The van der Waals surface area contributed by atoms with Crippen LogP contribution in [-0.4, -0.2) is 43.4 Å². The number of ether oxygens (including phenoxy) is 1. The molecule has 16 heavy (non-hydrogen) atoms. The van der Waals surface area contributed by atoms with Crippen molar-refractivity contribution in [2.75, 3.05) is 13.1 Å². The van der Waals surface area contributed by atoms with Crippen molar-refractivity contribution in [2.24, 2.45) is 0 Å². The zero-order chi connectivity index (χ0) is 12.3. The highest BCUT2D eigenvalue weighted by Gasteiger charge is 2.27. The van der Waals surface area contributed by atoms with Crippen LogP contribution < -0.4 is 0 Å². The Morgan fingerprint density at radius 1 is 1.25 bits per heavy atom. The van der Waals surface area contributed by atoms with Gasteiger partial charge in [0.1, 0.15) is 16.3 Å². The molecule has 0 radical (unpaired) electrons. The van der Waals surface area contributed by atoms with Crippen LogP contribution in [0.25, 0.3) is 0 Å². The van der Waals surface area contributed by atoms with Crippen LogP contribution in [0.4, 0.5) is 4.79 Å². The molecule has 0 unspecified atom stereocenters. The summed E-state index contributed by atoms with van der Waals surface area (Å²) in [5.41, 5.74) is -0.502. The molecule has 1 fully saturated rings. The lowest BCUT2D eigenvalue weighted by Gasteiger charge is -2.31. The maximum Gasteiger partial charge on any atom is 0.410 e. The van der Waals surface area contributed by atoms with E-state index in [0.717, 1.165) is 0 Å². The second kappa shape index (κ2) is 5.03. The summed E-state index contributed by atoms with van der Waals surface area (Å²) < 4.78 is 26.7. The molecule has 1 saturated heterocycles. The number of hydrogen-bond donors (Lipinski definition) is 1. The van der Waals surface area contributed by atoms with E-state index in [0.29, 0.717) is 25.9 Å². The lowest BCUT2D eigenvalue weighted by Crippen LogP contribution is -2.43. The summed E-state index contributed by atoms with van der Waals surface area (Å²) in [5.74, 6) is 0. The lowest BCUT2D eigenvalue weighted by atomic mass is 10.1. The Labute approximate surface area is 97.7 Å². The molecule has 1 heterocycles. The molecule has 0 aliphatic carbocycles. The summed E-state index contributed by atoms with van der Waals surface area (Å²) in [5, 5.41) is -0.284. The molecule has 1 aliphatic heterocycles. The number of carbonyl (C=O) groups is 1. The van der Waals surface area contributed by atoms with Crippen molar-refractivity contribution < 1.29 is 17.9 Å². The number of carbonyl (C=O) groups excluding carboxylic acids is 1. The maximum atomic E-state index is 11.6. The summed E-state index contributed by atoms with van der Waals surface area (Å²) in [6, 6.07) is 0. The molecular formula is C10H19NO4S. The highest BCUT2D eigenvalue weighted by Crippen LogP contribution is 2.16. The van der Waals surface area contributed by atoms with Gasteiger partial charge in [0.15, 0.2) is 0 Å². The second-order valence-corrected chi connectivity index (χ2v) is 6.28. The van der Waals surface area contributed by atoms with Crippen LogP contribution in [-0.2, 0) is 15.4 Å². The molecule has 0 aromatic carbocycles. The lowest BCUT2D eigenvalue weighted by molar-refractivity contribution is 0.0218. The van der Waals surface area contributed by atoms with Gasteiger partial charge in [0.25, 0.3) is 0 Å². The quantitative estimate of drug-likeness (QED) is 0.704. The Bertz CT molecular complexity index is 316. The second-order valence-electron chi connectivity index (χ2n) is 4.98. The van der Waals surface area contributed by atoms with E-state index in [1.165, 1.54) is 0 Å². The molecule has 1 amide bonds. The minimum Gasteiger partial charge on any atom is -0.444 e. The van der Waals surface area contributed by atoms with Crippen LogP contribution in [0.3, 0.4) is 0 Å². The zero-order valence-corrected chi connectivity index (χ0v) is 10.8. The Hall–Kier alpha value is -0.780. The van der Waals surface area contributed by atoms with Crippen LogP contribution in [0, 0.1) is 0 Å². The molecule has 1 aliphatic rings. The van der Waals surface area contributed by atoms with Gasteiger partial charge in [-0.2, -0.15) is 0 Å². The van der Waals surface area contributed by atoms with Crippen molar-refractivity contribution >= 4 is 16.8 Å². The van der Waals surface area contributed by atoms with Crippen molar-refractivity contribution in [2.45, 2.75) is 44.5 Å². The van der Waals surface area contributed by atoms with Gasteiger partial charge in [-0.05, 0) is 33.6 Å². The molecule has 0 N–H and O–H groups in total. The fourth-order valence-electron chi connectivity index (χ4n) is 1.59. The van der Waals surface area contributed by atoms with Crippen molar-refractivity contribution in [3.05, 3.63) is 0 Å². The molecule has 0 aromatic heterocycles. The smallest absolute Gasteiger partial charge is 0.410 e. The van der Waals surface area contributed by atoms with E-state index >= 15 is 0 Å². The average molecular weight is 249 g/mol. The Kier molecular flexibility index (Phi) is 4.18. The van der Waals surface area contributed by atoms with Crippen molar-refractivity contribution in [1.29, 1.82) is 0 Å². The Balaban J connectivity index is 2.45. The standard InChI is InChI=1S/C10H19NO4S/c1-10(2,3)15-9(12)11-6-4-8(5-7-11)16(13)14/h8,16H,4-7H2,1-3H3. The van der Waals surface area contributed by atoms with Gasteiger partial charge in [-0.15, -0.1) is 0 Å². The van der Waals surface area contributed by atoms with Gasteiger partial charge in [-0.3, -0.25) is 0 Å². The number of thiol groups is 1. The summed E-state index contributed by atoms with van der Waals surface area (Å²) >= 11 is 0. The molecule has 1 rings (SSSR count). The first-order valence-corrected chi connectivity index (χ1v) is 6.65. The molecule has 0 aromatic rings. The van der Waals surface area contributed by atoms with E-state index in [1.54, 1.807) is 4.90 Å². The van der Waals surface area contributed by atoms with E-state index in [-0.39, 0.29) is 11.3 Å². The fraction of sp³-hybridized carbons (Fsp3) is 0.900. The molecule has 0 spiro atoms. The number of amides is 1. The van der Waals surface area contributed by atoms with Gasteiger partial charge in [0, 0.05) is 13.1 Å². The summed E-state index contributed by atoms with van der Waals surface area (Å²) in [6.45, 7) is 6.36. The number of hydrogen-bond acceptors (Lipinski definition) is 4. The predicted octanol–water partition coefficient (Wildman–Crippen LogP) is 0.997. The minimum absolute atomic E-state index is 0.284. The fourth-order valence-corrected chi connectivity index (χ4v) is 2.24. The number of rotatable bonds is 1. The summed E-state index contributed by atoms with van der Waals surface area (Å²) in [6.07, 6.45) is 0.669. The normalized spacial score (nSPS) is 18.9. The summed E-state index contributed by atoms with van der Waals surface area (Å²) in [7, 11) is -2.36. The first-order chi connectivity index (χ1) is 7.29. The third-order valence-corrected chi connectivity index (χ3v) is 3.53. The first-order valence-electron chi connectivity index (χ1n) is 5.41. The highest BCUT2D eigenvalue weighted by molar-refractivity contribution is 7.73. The van der Waals surface area contributed by atoms with Gasteiger partial charge in [0.05, 0.1) is 5.25 Å². The van der Waals surface area contributed by atoms with E-state index in [9.17, 15) is 13.2 Å². The van der Waals surface area contributed by atoms with Crippen molar-refractivity contribution in [1.82, 2.24) is 4.90 Å². The van der Waals surface area contributed by atoms with Gasteiger partial charge in [0.2, 0.25) is 0 Å². The van der Waals surface area contributed by atoms with Crippen LogP contribution >= 0.6 is 0 Å². The van der Waals surface area contributed by atoms with Crippen LogP contribution in [0.5, 0.6) is 0 Å². The van der Waals surface area contributed by atoms with Crippen molar-refractivity contribution in [3.8, 4) is 0 Å². The van der Waals surface area contributed by atoms with Crippen molar-refractivity contribution in [3.63, 3.8) is 0 Å². The molecular weight excluding hydrogens is 230 g/mol. The molecule has 94 valence electrons. The van der Waals surface area contributed by atoms with E-state index in [2.05, 4.69) is 0 Å². The van der Waals surface area contributed by atoms with E-state index < -0.39 is 16.3 Å². The Morgan fingerprint density at radius 2 is 1.75 bits per heavy atom. The molecule has 6 heteroatoms. The summed E-state index contributed by atoms with van der Waals surface area (Å²) in [4.78, 5) is 13.2. The zero-order valence-electron chi connectivity index (χ0n) is 9.93. The third-order valence-electron chi connectivity index (χ3n) is 2.41. The first kappa shape index (κ1) is 13.3. The SMILES string of the molecule is CC(C)(C)OC(=O)N1CCC([SH](=O)=O)CC1. The molecule has 5 nitrogen and oxygen atoms in total. The topological polar surface area (TPSA) is 63.7 Å². The monoisotopic (exact) mass is 249 g/mol.